The standard InChI is InChI=1S/C10H12F3NO3/c1-2-7-4-3-5-8(14(15)16)9(7)17-6-10(11,12)13/h5H,2-4,6H2,1H3. The molecule has 0 spiro atoms. The van der Waals surface area contributed by atoms with Crippen LogP contribution in [0.3, 0.4) is 0 Å². The maximum Gasteiger partial charge on any atom is 0.422 e. The molecule has 0 unspecified atom stereocenters. The topological polar surface area (TPSA) is 52.4 Å². The molecule has 17 heavy (non-hydrogen) atoms. The molecule has 1 aliphatic rings. The van der Waals surface area contributed by atoms with Gasteiger partial charge >= 0.3 is 11.9 Å². The van der Waals surface area contributed by atoms with E-state index in [1.165, 1.54) is 6.08 Å². The summed E-state index contributed by atoms with van der Waals surface area (Å²) >= 11 is 0. The summed E-state index contributed by atoms with van der Waals surface area (Å²) in [6.45, 7) is 0.228. The van der Waals surface area contributed by atoms with Crippen molar-refractivity contribution in [2.45, 2.75) is 32.4 Å². The van der Waals surface area contributed by atoms with Gasteiger partial charge in [-0.25, -0.2) is 0 Å². The summed E-state index contributed by atoms with van der Waals surface area (Å²) in [6.07, 6.45) is -1.80. The van der Waals surface area contributed by atoms with Crippen LogP contribution in [0, 0.1) is 10.1 Å². The average Bonchev–Trinajstić information content (AvgIpc) is 2.24. The van der Waals surface area contributed by atoms with Crippen molar-refractivity contribution in [2.75, 3.05) is 6.61 Å². The van der Waals surface area contributed by atoms with E-state index < -0.39 is 17.7 Å². The van der Waals surface area contributed by atoms with Gasteiger partial charge in [-0.2, -0.15) is 13.2 Å². The molecule has 7 heteroatoms. The molecule has 0 amide bonds. The van der Waals surface area contributed by atoms with Crippen LogP contribution in [-0.4, -0.2) is 17.7 Å². The highest BCUT2D eigenvalue weighted by molar-refractivity contribution is 5.29. The van der Waals surface area contributed by atoms with E-state index >= 15 is 0 Å². The highest BCUT2D eigenvalue weighted by Gasteiger charge is 2.33. The van der Waals surface area contributed by atoms with E-state index in [1.807, 2.05) is 0 Å². The summed E-state index contributed by atoms with van der Waals surface area (Å²) in [4.78, 5) is 9.98. The van der Waals surface area contributed by atoms with E-state index in [1.54, 1.807) is 6.92 Å². The normalized spacial score (nSPS) is 16.8. The second kappa shape index (κ2) is 5.20. The molecule has 0 fully saturated rings. The van der Waals surface area contributed by atoms with Crippen LogP contribution in [0.15, 0.2) is 23.1 Å². The molecule has 0 atom stereocenters. The largest absolute Gasteiger partial charge is 0.477 e. The van der Waals surface area contributed by atoms with Gasteiger partial charge in [0.15, 0.2) is 12.4 Å². The first-order valence-corrected chi connectivity index (χ1v) is 5.11. The van der Waals surface area contributed by atoms with E-state index in [0.717, 1.165) is 0 Å². The van der Waals surface area contributed by atoms with Crippen LogP contribution in [0.1, 0.15) is 26.2 Å². The molecule has 96 valence electrons. The molecule has 0 saturated heterocycles. The fourth-order valence-electron chi connectivity index (χ4n) is 1.60. The molecule has 0 radical (unpaired) electrons. The van der Waals surface area contributed by atoms with Gasteiger partial charge in [-0.15, -0.1) is 0 Å². The molecular formula is C10H12F3NO3. The highest BCUT2D eigenvalue weighted by atomic mass is 19.4. The predicted octanol–water partition coefficient (Wildman–Crippen LogP) is 3.18. The summed E-state index contributed by atoms with van der Waals surface area (Å²) in [5, 5.41) is 10.7. The SMILES string of the molecule is CCC1=C(OCC(F)(F)F)C([N+](=O)[O-])=CCC1. The molecule has 0 saturated carbocycles. The summed E-state index contributed by atoms with van der Waals surface area (Å²) in [6, 6.07) is 0. The van der Waals surface area contributed by atoms with E-state index in [9.17, 15) is 23.3 Å². The second-order valence-corrected chi connectivity index (χ2v) is 3.58. The molecule has 0 aliphatic heterocycles. The third-order valence-electron chi connectivity index (χ3n) is 2.34. The van der Waals surface area contributed by atoms with Crippen LogP contribution >= 0.6 is 0 Å². The fraction of sp³-hybridized carbons (Fsp3) is 0.600. The Morgan fingerprint density at radius 2 is 2.18 bits per heavy atom. The van der Waals surface area contributed by atoms with Gasteiger partial charge in [0.25, 0.3) is 0 Å². The Labute approximate surface area is 95.9 Å². The van der Waals surface area contributed by atoms with Crippen LogP contribution in [0.5, 0.6) is 0 Å². The van der Waals surface area contributed by atoms with Gasteiger partial charge in [0.2, 0.25) is 0 Å². The quantitative estimate of drug-likeness (QED) is 0.569. The van der Waals surface area contributed by atoms with Gasteiger partial charge in [-0.3, -0.25) is 10.1 Å². The van der Waals surface area contributed by atoms with Gasteiger partial charge in [0, 0.05) is 0 Å². The zero-order valence-corrected chi connectivity index (χ0v) is 9.21. The van der Waals surface area contributed by atoms with E-state index in [4.69, 9.17) is 0 Å². The zero-order valence-electron chi connectivity index (χ0n) is 9.21. The Bertz CT molecular complexity index is 371. The lowest BCUT2D eigenvalue weighted by molar-refractivity contribution is -0.425. The van der Waals surface area contributed by atoms with Gasteiger partial charge in [0.05, 0.1) is 4.92 Å². The summed E-state index contributed by atoms with van der Waals surface area (Å²) < 4.78 is 40.7. The fourth-order valence-corrected chi connectivity index (χ4v) is 1.60. The minimum Gasteiger partial charge on any atom is -0.477 e. The van der Waals surface area contributed by atoms with Gasteiger partial charge in [-0.05, 0) is 30.9 Å². The number of hydrogen-bond acceptors (Lipinski definition) is 3. The average molecular weight is 251 g/mol. The molecule has 4 nitrogen and oxygen atoms in total. The Hall–Kier alpha value is -1.53. The van der Waals surface area contributed by atoms with Gasteiger partial charge in [0.1, 0.15) is 0 Å². The van der Waals surface area contributed by atoms with Crippen molar-refractivity contribution in [1.29, 1.82) is 0 Å². The maximum absolute atomic E-state index is 12.0. The lowest BCUT2D eigenvalue weighted by Crippen LogP contribution is -2.20. The van der Waals surface area contributed by atoms with Crippen LogP contribution < -0.4 is 0 Å². The van der Waals surface area contributed by atoms with Crippen molar-refractivity contribution in [3.05, 3.63) is 33.2 Å². The van der Waals surface area contributed by atoms with E-state index in [2.05, 4.69) is 4.74 Å². The Kier molecular flexibility index (Phi) is 4.14. The van der Waals surface area contributed by atoms with Crippen molar-refractivity contribution in [1.82, 2.24) is 0 Å². The zero-order chi connectivity index (χ0) is 13.1. The number of hydrogen-bond donors (Lipinski definition) is 0. The van der Waals surface area contributed by atoms with Crippen LogP contribution in [0.2, 0.25) is 0 Å². The number of ether oxygens (including phenoxy) is 1. The second-order valence-electron chi connectivity index (χ2n) is 3.58. The van der Waals surface area contributed by atoms with Crippen LogP contribution in [-0.2, 0) is 4.74 Å². The summed E-state index contributed by atoms with van der Waals surface area (Å²) in [7, 11) is 0. The molecule has 0 heterocycles. The Morgan fingerprint density at radius 1 is 1.53 bits per heavy atom. The van der Waals surface area contributed by atoms with E-state index in [-0.39, 0.29) is 11.5 Å². The third-order valence-corrected chi connectivity index (χ3v) is 2.34. The number of nitro groups is 1. The van der Waals surface area contributed by atoms with Crippen molar-refractivity contribution < 1.29 is 22.8 Å². The third kappa shape index (κ3) is 3.76. The predicted molar refractivity (Wildman–Crippen MR) is 53.6 cm³/mol. The number of allylic oxidation sites excluding steroid dienone is 2. The lowest BCUT2D eigenvalue weighted by Gasteiger charge is -2.17. The molecular weight excluding hydrogens is 239 g/mol. The Balaban J connectivity index is 2.91. The minimum absolute atomic E-state index is 0.221. The molecule has 0 aromatic heterocycles. The first kappa shape index (κ1) is 13.5. The van der Waals surface area contributed by atoms with Gasteiger partial charge < -0.3 is 4.74 Å². The molecule has 1 rings (SSSR count). The molecule has 0 aromatic rings. The van der Waals surface area contributed by atoms with Crippen molar-refractivity contribution in [3.8, 4) is 0 Å². The maximum atomic E-state index is 12.0. The van der Waals surface area contributed by atoms with Gasteiger partial charge in [-0.1, -0.05) is 6.92 Å². The lowest BCUT2D eigenvalue weighted by atomic mass is 9.99. The summed E-state index contributed by atoms with van der Waals surface area (Å²) in [5.74, 6) is -0.221. The Morgan fingerprint density at radius 3 is 2.65 bits per heavy atom. The molecule has 1 aliphatic carbocycles. The monoisotopic (exact) mass is 251 g/mol. The first-order valence-electron chi connectivity index (χ1n) is 5.11. The number of rotatable bonds is 4. The van der Waals surface area contributed by atoms with Crippen LogP contribution in [0.4, 0.5) is 13.2 Å². The van der Waals surface area contributed by atoms with E-state index in [0.29, 0.717) is 24.8 Å². The number of alkyl halides is 3. The molecule has 0 aromatic carbocycles. The highest BCUT2D eigenvalue weighted by Crippen LogP contribution is 2.30. The number of halogens is 3. The molecule has 0 bridgehead atoms. The molecule has 0 N–H and O–H groups in total. The minimum atomic E-state index is -4.50. The summed E-state index contributed by atoms with van der Waals surface area (Å²) in [5.41, 5.74) is 0.195. The number of nitrogens with zero attached hydrogens (tertiary/aromatic N) is 1. The first-order chi connectivity index (χ1) is 7.85. The van der Waals surface area contributed by atoms with Crippen LogP contribution in [0.25, 0.3) is 0 Å². The van der Waals surface area contributed by atoms with Crippen molar-refractivity contribution >= 4 is 0 Å². The smallest absolute Gasteiger partial charge is 0.422 e. The van der Waals surface area contributed by atoms with Crippen molar-refractivity contribution in [2.24, 2.45) is 0 Å². The van der Waals surface area contributed by atoms with Crippen molar-refractivity contribution in [3.63, 3.8) is 0 Å².